The van der Waals surface area contributed by atoms with Crippen molar-refractivity contribution in [2.45, 2.75) is 38.8 Å². The van der Waals surface area contributed by atoms with Gasteiger partial charge in [-0.25, -0.2) is 0 Å². The van der Waals surface area contributed by atoms with E-state index in [-0.39, 0.29) is 5.91 Å². The number of nitrogens with zero attached hydrogens (tertiary/aromatic N) is 3. The van der Waals surface area contributed by atoms with Crippen LogP contribution in [0.25, 0.3) is 0 Å². The van der Waals surface area contributed by atoms with E-state index < -0.39 is 0 Å². The molecule has 2 unspecified atom stereocenters. The summed E-state index contributed by atoms with van der Waals surface area (Å²) in [6, 6.07) is 4.90. The number of piperazine rings is 1. The Balaban J connectivity index is 2.26. The minimum atomic E-state index is -0.0490. The van der Waals surface area contributed by atoms with Gasteiger partial charge in [0, 0.05) is 51.2 Å². The average Bonchev–Trinajstić information content (AvgIpc) is 2.53. The molecule has 0 aromatic carbocycles. The normalized spacial score (nSPS) is 22.2. The largest absolute Gasteiger partial charge is 0.366 e. The van der Waals surface area contributed by atoms with Crippen LogP contribution in [-0.2, 0) is 0 Å². The molecular formula is C16H26N4O. The number of rotatable bonds is 4. The third-order valence-corrected chi connectivity index (χ3v) is 4.16. The second-order valence-corrected chi connectivity index (χ2v) is 5.83. The highest BCUT2D eigenvalue weighted by Crippen LogP contribution is 2.22. The molecule has 0 radical (unpaired) electrons. The number of anilines is 1. The van der Waals surface area contributed by atoms with E-state index in [9.17, 15) is 4.79 Å². The Kier molecular flexibility index (Phi) is 5.17. The molecule has 1 aromatic heterocycles. The first kappa shape index (κ1) is 15.8. The molecule has 2 heterocycles. The summed E-state index contributed by atoms with van der Waals surface area (Å²) in [6.07, 6.45) is 3.94. The van der Waals surface area contributed by atoms with Crippen molar-refractivity contribution in [2.24, 2.45) is 0 Å². The molecule has 1 aliphatic heterocycles. The molecule has 0 bridgehead atoms. The van der Waals surface area contributed by atoms with Crippen LogP contribution in [0.3, 0.4) is 0 Å². The van der Waals surface area contributed by atoms with Gasteiger partial charge in [0.2, 0.25) is 0 Å². The van der Waals surface area contributed by atoms with Crippen LogP contribution in [0.1, 0.15) is 37.2 Å². The second kappa shape index (κ2) is 6.89. The van der Waals surface area contributed by atoms with E-state index in [1.165, 1.54) is 0 Å². The maximum atomic E-state index is 12.1. The Morgan fingerprint density at radius 1 is 1.43 bits per heavy atom. The summed E-state index contributed by atoms with van der Waals surface area (Å²) in [5.41, 5.74) is 1.61. The van der Waals surface area contributed by atoms with Crippen LogP contribution in [-0.4, -0.2) is 55.1 Å². The zero-order valence-corrected chi connectivity index (χ0v) is 13.5. The Labute approximate surface area is 127 Å². The van der Waals surface area contributed by atoms with Gasteiger partial charge in [-0.2, -0.15) is 0 Å². The van der Waals surface area contributed by atoms with Crippen LogP contribution in [0.5, 0.6) is 0 Å². The summed E-state index contributed by atoms with van der Waals surface area (Å²) in [5.74, 6) is -0.0490. The first-order chi connectivity index (χ1) is 10.1. The molecule has 5 heteroatoms. The van der Waals surface area contributed by atoms with Gasteiger partial charge in [0.25, 0.3) is 5.91 Å². The van der Waals surface area contributed by atoms with Crippen molar-refractivity contribution < 1.29 is 4.79 Å². The van der Waals surface area contributed by atoms with E-state index >= 15 is 0 Å². The van der Waals surface area contributed by atoms with Gasteiger partial charge in [0.05, 0.1) is 0 Å². The van der Waals surface area contributed by atoms with Gasteiger partial charge in [-0.3, -0.25) is 9.78 Å². The first-order valence-electron chi connectivity index (χ1n) is 7.74. The number of pyridine rings is 1. The third-order valence-electron chi connectivity index (χ3n) is 4.16. The maximum absolute atomic E-state index is 12.1. The lowest BCUT2D eigenvalue weighted by Gasteiger charge is -2.41. The van der Waals surface area contributed by atoms with Crippen LogP contribution < -0.4 is 10.2 Å². The standard InChI is InChI=1S/C16H26N4O/c1-5-12-11-20(13(6-2)10-18-12)14-7-8-17-15(9-14)16(21)19(3)4/h7-9,12-13,18H,5-6,10-11H2,1-4H3. The van der Waals surface area contributed by atoms with Crippen molar-refractivity contribution in [2.75, 3.05) is 32.1 Å². The lowest BCUT2D eigenvalue weighted by molar-refractivity contribution is 0.0822. The number of carbonyl (C=O) groups is 1. The lowest BCUT2D eigenvalue weighted by atomic mass is 10.0. The Hall–Kier alpha value is -1.62. The molecule has 2 atom stereocenters. The molecular weight excluding hydrogens is 264 g/mol. The SMILES string of the molecule is CCC1CN(c2ccnc(C(=O)N(C)C)c2)C(CC)CN1. The van der Waals surface area contributed by atoms with Gasteiger partial charge < -0.3 is 15.1 Å². The highest BCUT2D eigenvalue weighted by molar-refractivity contribution is 5.92. The number of carbonyl (C=O) groups excluding carboxylic acids is 1. The molecule has 1 amide bonds. The fraction of sp³-hybridized carbons (Fsp3) is 0.625. The van der Waals surface area contributed by atoms with Gasteiger partial charge >= 0.3 is 0 Å². The Bertz CT molecular complexity index is 489. The fourth-order valence-electron chi connectivity index (χ4n) is 2.76. The maximum Gasteiger partial charge on any atom is 0.272 e. The highest BCUT2D eigenvalue weighted by atomic mass is 16.2. The molecule has 1 N–H and O–H groups in total. The summed E-state index contributed by atoms with van der Waals surface area (Å²) >= 11 is 0. The monoisotopic (exact) mass is 290 g/mol. The quantitative estimate of drug-likeness (QED) is 0.918. The zero-order chi connectivity index (χ0) is 15.4. The van der Waals surface area contributed by atoms with Crippen LogP contribution in [0, 0.1) is 0 Å². The van der Waals surface area contributed by atoms with Crippen molar-refractivity contribution >= 4 is 11.6 Å². The van der Waals surface area contributed by atoms with E-state index in [1.54, 1.807) is 25.2 Å². The molecule has 1 aliphatic rings. The van der Waals surface area contributed by atoms with Crippen molar-refractivity contribution in [3.63, 3.8) is 0 Å². The second-order valence-electron chi connectivity index (χ2n) is 5.83. The molecule has 0 aliphatic carbocycles. The zero-order valence-electron chi connectivity index (χ0n) is 13.5. The molecule has 116 valence electrons. The number of hydrogen-bond acceptors (Lipinski definition) is 4. The topological polar surface area (TPSA) is 48.5 Å². The summed E-state index contributed by atoms with van der Waals surface area (Å²) in [7, 11) is 3.51. The van der Waals surface area contributed by atoms with Crippen molar-refractivity contribution in [1.82, 2.24) is 15.2 Å². The van der Waals surface area contributed by atoms with Gasteiger partial charge in [0.1, 0.15) is 5.69 Å². The summed E-state index contributed by atoms with van der Waals surface area (Å²) in [6.45, 7) is 6.39. The van der Waals surface area contributed by atoms with Gasteiger partial charge in [-0.1, -0.05) is 13.8 Å². The fourth-order valence-corrected chi connectivity index (χ4v) is 2.76. The number of amides is 1. The summed E-state index contributed by atoms with van der Waals surface area (Å²) < 4.78 is 0. The van der Waals surface area contributed by atoms with E-state index in [0.717, 1.165) is 31.6 Å². The number of nitrogens with one attached hydrogen (secondary N) is 1. The van der Waals surface area contributed by atoms with Crippen molar-refractivity contribution in [3.05, 3.63) is 24.0 Å². The van der Waals surface area contributed by atoms with E-state index in [2.05, 4.69) is 29.0 Å². The van der Waals surface area contributed by atoms with Crippen LogP contribution >= 0.6 is 0 Å². The first-order valence-corrected chi connectivity index (χ1v) is 7.74. The van der Waals surface area contributed by atoms with Crippen LogP contribution in [0.4, 0.5) is 5.69 Å². The minimum Gasteiger partial charge on any atom is -0.366 e. The molecule has 21 heavy (non-hydrogen) atoms. The van der Waals surface area contributed by atoms with Crippen LogP contribution in [0.15, 0.2) is 18.3 Å². The van der Waals surface area contributed by atoms with Gasteiger partial charge in [-0.15, -0.1) is 0 Å². The predicted octanol–water partition coefficient (Wildman–Crippen LogP) is 1.75. The average molecular weight is 290 g/mol. The molecule has 5 nitrogen and oxygen atoms in total. The third kappa shape index (κ3) is 3.53. The molecule has 1 aromatic rings. The van der Waals surface area contributed by atoms with Crippen molar-refractivity contribution in [3.8, 4) is 0 Å². The van der Waals surface area contributed by atoms with Crippen LogP contribution in [0.2, 0.25) is 0 Å². The van der Waals surface area contributed by atoms with E-state index in [0.29, 0.717) is 17.8 Å². The lowest BCUT2D eigenvalue weighted by Crippen LogP contribution is -2.56. The Morgan fingerprint density at radius 3 is 2.81 bits per heavy atom. The van der Waals surface area contributed by atoms with E-state index in [4.69, 9.17) is 0 Å². The van der Waals surface area contributed by atoms with Gasteiger partial charge in [-0.05, 0) is 25.0 Å². The van der Waals surface area contributed by atoms with Gasteiger partial charge in [0.15, 0.2) is 0 Å². The minimum absolute atomic E-state index is 0.0490. The molecule has 0 saturated carbocycles. The summed E-state index contributed by atoms with van der Waals surface area (Å²) in [5, 5.41) is 3.59. The highest BCUT2D eigenvalue weighted by Gasteiger charge is 2.26. The smallest absolute Gasteiger partial charge is 0.272 e. The number of aromatic nitrogens is 1. The molecule has 1 saturated heterocycles. The van der Waals surface area contributed by atoms with Crippen molar-refractivity contribution in [1.29, 1.82) is 0 Å². The predicted molar refractivity (Wildman–Crippen MR) is 85.8 cm³/mol. The number of hydrogen-bond donors (Lipinski definition) is 1. The van der Waals surface area contributed by atoms with E-state index in [1.807, 2.05) is 12.1 Å². The molecule has 1 fully saturated rings. The Morgan fingerprint density at radius 2 is 2.19 bits per heavy atom. The summed E-state index contributed by atoms with van der Waals surface area (Å²) in [4.78, 5) is 20.3. The molecule has 0 spiro atoms. The molecule has 2 rings (SSSR count).